The quantitative estimate of drug-likeness (QED) is 0.811. The topological polar surface area (TPSA) is 21.3 Å². The van der Waals surface area contributed by atoms with Gasteiger partial charge < -0.3 is 10.1 Å². The summed E-state index contributed by atoms with van der Waals surface area (Å²) in [5.41, 5.74) is 1.16. The lowest BCUT2D eigenvalue weighted by Gasteiger charge is -2.13. The molecule has 0 aliphatic heterocycles. The van der Waals surface area contributed by atoms with Crippen molar-refractivity contribution in [3.63, 3.8) is 0 Å². The SMILES string of the molecule is CC#CCOc1c(Br)cccc1CNCC(C)C. The summed E-state index contributed by atoms with van der Waals surface area (Å²) in [7, 11) is 0. The lowest BCUT2D eigenvalue weighted by Crippen LogP contribution is -2.19. The predicted octanol–water partition coefficient (Wildman–Crippen LogP) is 3.60. The average Bonchev–Trinajstić information content (AvgIpc) is 2.32. The molecule has 0 spiro atoms. The number of ether oxygens (including phenoxy) is 1. The zero-order valence-electron chi connectivity index (χ0n) is 11.2. The van der Waals surface area contributed by atoms with Gasteiger partial charge in [-0.2, -0.15) is 0 Å². The molecule has 0 atom stereocenters. The average molecular weight is 310 g/mol. The highest BCUT2D eigenvalue weighted by Crippen LogP contribution is 2.28. The van der Waals surface area contributed by atoms with E-state index < -0.39 is 0 Å². The van der Waals surface area contributed by atoms with Crippen LogP contribution < -0.4 is 10.1 Å². The van der Waals surface area contributed by atoms with Gasteiger partial charge in [-0.15, -0.1) is 5.92 Å². The van der Waals surface area contributed by atoms with Crippen molar-refractivity contribution in [3.8, 4) is 17.6 Å². The van der Waals surface area contributed by atoms with E-state index in [1.165, 1.54) is 0 Å². The first kappa shape index (κ1) is 15.1. The lowest BCUT2D eigenvalue weighted by atomic mass is 10.2. The maximum Gasteiger partial charge on any atom is 0.149 e. The summed E-state index contributed by atoms with van der Waals surface area (Å²) in [5.74, 6) is 7.27. The highest BCUT2D eigenvalue weighted by Gasteiger charge is 2.07. The van der Waals surface area contributed by atoms with Crippen LogP contribution in [0.3, 0.4) is 0 Å². The summed E-state index contributed by atoms with van der Waals surface area (Å²) in [4.78, 5) is 0. The first-order chi connectivity index (χ1) is 8.65. The monoisotopic (exact) mass is 309 g/mol. The summed E-state index contributed by atoms with van der Waals surface area (Å²) in [5, 5.41) is 3.42. The molecule has 0 aliphatic rings. The van der Waals surface area contributed by atoms with Gasteiger partial charge in [0, 0.05) is 12.1 Å². The Hall–Kier alpha value is -0.980. The number of hydrogen-bond acceptors (Lipinski definition) is 2. The third-order valence-electron chi connectivity index (χ3n) is 2.38. The van der Waals surface area contributed by atoms with Crippen LogP contribution in [-0.2, 0) is 6.54 Å². The fraction of sp³-hybridized carbons (Fsp3) is 0.467. The maximum atomic E-state index is 5.71. The van der Waals surface area contributed by atoms with Gasteiger partial charge in [0.25, 0.3) is 0 Å². The van der Waals surface area contributed by atoms with Crippen molar-refractivity contribution in [1.82, 2.24) is 5.32 Å². The molecule has 18 heavy (non-hydrogen) atoms. The molecule has 1 aromatic carbocycles. The van der Waals surface area contributed by atoms with E-state index in [9.17, 15) is 0 Å². The van der Waals surface area contributed by atoms with Gasteiger partial charge in [-0.05, 0) is 41.4 Å². The van der Waals surface area contributed by atoms with Crippen molar-refractivity contribution in [2.24, 2.45) is 5.92 Å². The highest BCUT2D eigenvalue weighted by atomic mass is 79.9. The Morgan fingerprint density at radius 1 is 1.39 bits per heavy atom. The molecule has 0 aliphatic carbocycles. The third kappa shape index (κ3) is 5.12. The van der Waals surface area contributed by atoms with Crippen molar-refractivity contribution < 1.29 is 4.74 Å². The van der Waals surface area contributed by atoms with Gasteiger partial charge in [-0.1, -0.05) is 31.9 Å². The molecule has 1 aromatic rings. The number of halogens is 1. The van der Waals surface area contributed by atoms with Crippen molar-refractivity contribution >= 4 is 15.9 Å². The second kappa shape index (κ2) is 8.18. The van der Waals surface area contributed by atoms with Crippen LogP contribution >= 0.6 is 15.9 Å². The zero-order valence-corrected chi connectivity index (χ0v) is 12.8. The molecule has 1 N–H and O–H groups in total. The molecule has 0 radical (unpaired) electrons. The van der Waals surface area contributed by atoms with E-state index in [-0.39, 0.29) is 0 Å². The Bertz CT molecular complexity index is 432. The summed E-state index contributed by atoms with van der Waals surface area (Å²) in [6.07, 6.45) is 0. The summed E-state index contributed by atoms with van der Waals surface area (Å²) >= 11 is 3.52. The second-order valence-electron chi connectivity index (χ2n) is 4.47. The van der Waals surface area contributed by atoms with E-state index in [0.717, 1.165) is 28.9 Å². The number of rotatable bonds is 6. The minimum Gasteiger partial charge on any atom is -0.479 e. The largest absolute Gasteiger partial charge is 0.479 e. The highest BCUT2D eigenvalue weighted by molar-refractivity contribution is 9.10. The van der Waals surface area contributed by atoms with E-state index in [1.807, 2.05) is 19.1 Å². The van der Waals surface area contributed by atoms with Crippen molar-refractivity contribution in [3.05, 3.63) is 28.2 Å². The van der Waals surface area contributed by atoms with Gasteiger partial charge in [0.05, 0.1) is 4.47 Å². The Morgan fingerprint density at radius 3 is 2.83 bits per heavy atom. The lowest BCUT2D eigenvalue weighted by molar-refractivity contribution is 0.361. The number of hydrogen-bond donors (Lipinski definition) is 1. The smallest absolute Gasteiger partial charge is 0.149 e. The zero-order chi connectivity index (χ0) is 13.4. The molecule has 2 nitrogen and oxygen atoms in total. The van der Waals surface area contributed by atoms with Crippen molar-refractivity contribution in [2.45, 2.75) is 27.3 Å². The number of nitrogens with one attached hydrogen (secondary N) is 1. The van der Waals surface area contributed by atoms with Crippen LogP contribution in [0.5, 0.6) is 5.75 Å². The molecule has 1 rings (SSSR count). The molecule has 0 fully saturated rings. The van der Waals surface area contributed by atoms with Crippen LogP contribution in [0.1, 0.15) is 26.3 Å². The Morgan fingerprint density at radius 2 is 2.17 bits per heavy atom. The Balaban J connectivity index is 2.69. The Kier molecular flexibility index (Phi) is 6.85. The summed E-state index contributed by atoms with van der Waals surface area (Å²) < 4.78 is 6.68. The van der Waals surface area contributed by atoms with Crippen LogP contribution in [0.15, 0.2) is 22.7 Å². The summed E-state index contributed by atoms with van der Waals surface area (Å²) in [6, 6.07) is 6.09. The minimum absolute atomic E-state index is 0.427. The van der Waals surface area contributed by atoms with Gasteiger partial charge in [0.1, 0.15) is 12.4 Å². The molecular weight excluding hydrogens is 290 g/mol. The van der Waals surface area contributed by atoms with E-state index in [0.29, 0.717) is 12.5 Å². The fourth-order valence-electron chi connectivity index (χ4n) is 1.53. The van der Waals surface area contributed by atoms with Crippen molar-refractivity contribution in [2.75, 3.05) is 13.2 Å². The maximum absolute atomic E-state index is 5.71. The number of benzene rings is 1. The molecule has 0 bridgehead atoms. The minimum atomic E-state index is 0.427. The third-order valence-corrected chi connectivity index (χ3v) is 3.01. The Labute approximate surface area is 118 Å². The first-order valence-electron chi connectivity index (χ1n) is 6.15. The normalized spacial score (nSPS) is 10.1. The van der Waals surface area contributed by atoms with Crippen LogP contribution in [-0.4, -0.2) is 13.2 Å². The first-order valence-corrected chi connectivity index (χ1v) is 6.95. The molecular formula is C15H20BrNO. The molecule has 0 saturated carbocycles. The van der Waals surface area contributed by atoms with Gasteiger partial charge in [-0.25, -0.2) is 0 Å². The van der Waals surface area contributed by atoms with Crippen LogP contribution in [0.25, 0.3) is 0 Å². The van der Waals surface area contributed by atoms with Crippen molar-refractivity contribution in [1.29, 1.82) is 0 Å². The van der Waals surface area contributed by atoms with Crippen LogP contribution in [0.4, 0.5) is 0 Å². The molecule has 0 heterocycles. The molecule has 98 valence electrons. The second-order valence-corrected chi connectivity index (χ2v) is 5.32. The van der Waals surface area contributed by atoms with Gasteiger partial charge in [0.2, 0.25) is 0 Å². The van der Waals surface area contributed by atoms with Crippen LogP contribution in [0, 0.1) is 17.8 Å². The van der Waals surface area contributed by atoms with Gasteiger partial charge in [0.15, 0.2) is 0 Å². The standard InChI is InChI=1S/C15H20BrNO/c1-4-5-9-18-15-13(7-6-8-14(15)16)11-17-10-12(2)3/h6-8,12,17H,9-11H2,1-3H3. The fourth-order valence-corrected chi connectivity index (χ4v) is 2.05. The molecule has 0 amide bonds. The van der Waals surface area contributed by atoms with E-state index in [2.05, 4.69) is 53.0 Å². The number of para-hydroxylation sites is 1. The molecule has 0 unspecified atom stereocenters. The molecule has 0 saturated heterocycles. The predicted molar refractivity (Wildman–Crippen MR) is 79.6 cm³/mol. The molecule has 3 heteroatoms. The van der Waals surface area contributed by atoms with Crippen LogP contribution in [0.2, 0.25) is 0 Å². The van der Waals surface area contributed by atoms with Gasteiger partial charge in [-0.3, -0.25) is 0 Å². The van der Waals surface area contributed by atoms with E-state index in [4.69, 9.17) is 4.74 Å². The van der Waals surface area contributed by atoms with E-state index >= 15 is 0 Å². The van der Waals surface area contributed by atoms with Gasteiger partial charge >= 0.3 is 0 Å². The van der Waals surface area contributed by atoms with E-state index in [1.54, 1.807) is 0 Å². The summed E-state index contributed by atoms with van der Waals surface area (Å²) in [6.45, 7) is 8.45. The molecule has 0 aromatic heterocycles.